The Kier molecular flexibility index (Phi) is 4.77. The average molecular weight is 345 g/mol. The second kappa shape index (κ2) is 6.33. The molecule has 0 radical (unpaired) electrons. The van der Waals surface area contributed by atoms with E-state index >= 15 is 0 Å². The molecule has 1 amide bonds. The third-order valence-electron chi connectivity index (χ3n) is 3.64. The highest BCUT2D eigenvalue weighted by molar-refractivity contribution is 6.03. The minimum Gasteiger partial charge on any atom is -0.476 e. The second-order valence-electron chi connectivity index (χ2n) is 5.96. The number of halogens is 3. The van der Waals surface area contributed by atoms with Crippen molar-refractivity contribution in [1.29, 1.82) is 0 Å². The number of nitrogens with zero attached hydrogens (tertiary/aromatic N) is 1. The highest BCUT2D eigenvalue weighted by Gasteiger charge is 2.41. The van der Waals surface area contributed by atoms with Gasteiger partial charge in [0.15, 0.2) is 5.60 Å². The summed E-state index contributed by atoms with van der Waals surface area (Å²) in [6, 6.07) is 4.37. The molecule has 1 aliphatic heterocycles. The lowest BCUT2D eigenvalue weighted by Gasteiger charge is -2.39. The molecule has 1 heterocycles. The number of alkyl halides is 3. The van der Waals surface area contributed by atoms with Crippen LogP contribution in [0.1, 0.15) is 37.0 Å². The van der Waals surface area contributed by atoms with Crippen LogP contribution >= 0.6 is 0 Å². The zero-order valence-electron chi connectivity index (χ0n) is 13.6. The van der Waals surface area contributed by atoms with E-state index in [0.29, 0.717) is 5.75 Å². The first kappa shape index (κ1) is 18.1. The van der Waals surface area contributed by atoms with Crippen molar-refractivity contribution in [3.63, 3.8) is 0 Å². The molecule has 8 heteroatoms. The van der Waals surface area contributed by atoms with Crippen LogP contribution in [0.2, 0.25) is 0 Å². The molecule has 0 bridgehead atoms. The zero-order chi connectivity index (χ0) is 18.1. The van der Waals surface area contributed by atoms with Crippen molar-refractivity contribution < 1.29 is 32.2 Å². The molecule has 5 nitrogen and oxygen atoms in total. The summed E-state index contributed by atoms with van der Waals surface area (Å²) in [4.78, 5) is 25.4. The summed E-state index contributed by atoms with van der Waals surface area (Å²) in [5.74, 6) is -0.733. The summed E-state index contributed by atoms with van der Waals surface area (Å²) < 4.78 is 47.4. The van der Waals surface area contributed by atoms with Crippen molar-refractivity contribution in [2.75, 3.05) is 18.6 Å². The Morgan fingerprint density at radius 2 is 2.00 bits per heavy atom. The lowest BCUT2D eigenvalue weighted by Crippen LogP contribution is -2.52. The summed E-state index contributed by atoms with van der Waals surface area (Å²) in [5.41, 5.74) is -0.740. The van der Waals surface area contributed by atoms with Gasteiger partial charge in [-0.25, -0.2) is 4.79 Å². The first-order valence-corrected chi connectivity index (χ1v) is 7.35. The molecular formula is C16H18F3NO4. The number of hydrogen-bond donors (Lipinski definition) is 0. The van der Waals surface area contributed by atoms with Crippen molar-refractivity contribution in [3.8, 4) is 5.75 Å². The maximum atomic E-state index is 12.5. The number of anilines is 1. The number of ether oxygens (including phenoxy) is 2. The molecule has 0 saturated carbocycles. The average Bonchev–Trinajstić information content (AvgIpc) is 2.48. The van der Waals surface area contributed by atoms with Crippen LogP contribution in [0.25, 0.3) is 0 Å². The number of fused-ring (bicyclic) bond motifs is 1. The highest BCUT2D eigenvalue weighted by atomic mass is 19.4. The van der Waals surface area contributed by atoms with Gasteiger partial charge in [0.05, 0.1) is 18.4 Å². The number of esters is 1. The molecule has 24 heavy (non-hydrogen) atoms. The van der Waals surface area contributed by atoms with Gasteiger partial charge in [-0.1, -0.05) is 0 Å². The Balaban J connectivity index is 2.34. The number of carbonyl (C=O) groups excluding carboxylic acids is 2. The maximum Gasteiger partial charge on any atom is 0.389 e. The van der Waals surface area contributed by atoms with Crippen LogP contribution in [0, 0.1) is 0 Å². The van der Waals surface area contributed by atoms with E-state index in [-0.39, 0.29) is 24.2 Å². The Hall–Kier alpha value is -2.25. The largest absolute Gasteiger partial charge is 0.476 e. The van der Waals surface area contributed by atoms with Crippen LogP contribution in [0.15, 0.2) is 18.2 Å². The second-order valence-corrected chi connectivity index (χ2v) is 5.96. The summed E-state index contributed by atoms with van der Waals surface area (Å²) in [5, 5.41) is 0. The molecule has 132 valence electrons. The van der Waals surface area contributed by atoms with Crippen LogP contribution in [-0.2, 0) is 9.53 Å². The standard InChI is InChI=1S/C16H18F3NO4/c1-15(2)14(22)20(8-4-7-16(17,18)19)11-9-10(13(21)23-3)5-6-12(11)24-15/h5-6,9H,4,7-8H2,1-3H3. The van der Waals surface area contributed by atoms with Crippen molar-refractivity contribution >= 4 is 17.6 Å². The molecule has 2 rings (SSSR count). The maximum absolute atomic E-state index is 12.5. The molecule has 1 aliphatic rings. The summed E-state index contributed by atoms with van der Waals surface area (Å²) in [6.07, 6.45) is -5.53. The van der Waals surface area contributed by atoms with Crippen molar-refractivity contribution in [2.24, 2.45) is 0 Å². The Morgan fingerprint density at radius 1 is 1.33 bits per heavy atom. The van der Waals surface area contributed by atoms with Gasteiger partial charge >= 0.3 is 12.1 Å². The predicted molar refractivity (Wildman–Crippen MR) is 80.1 cm³/mol. The van der Waals surface area contributed by atoms with E-state index in [1.807, 2.05) is 0 Å². The number of rotatable bonds is 4. The topological polar surface area (TPSA) is 55.8 Å². The van der Waals surface area contributed by atoms with Gasteiger partial charge in [-0.2, -0.15) is 13.2 Å². The molecule has 0 unspecified atom stereocenters. The number of carbonyl (C=O) groups is 2. The predicted octanol–water partition coefficient (Wildman–Crippen LogP) is 3.32. The molecule has 0 N–H and O–H groups in total. The fraction of sp³-hybridized carbons (Fsp3) is 0.500. The Morgan fingerprint density at radius 3 is 2.58 bits per heavy atom. The van der Waals surface area contributed by atoms with Gasteiger partial charge in [-0.3, -0.25) is 4.79 Å². The fourth-order valence-corrected chi connectivity index (χ4v) is 2.47. The molecule has 1 aromatic carbocycles. The van der Waals surface area contributed by atoms with E-state index in [1.54, 1.807) is 13.8 Å². The van der Waals surface area contributed by atoms with Gasteiger partial charge in [0.25, 0.3) is 5.91 Å². The normalized spacial score (nSPS) is 16.4. The minimum absolute atomic E-state index is 0.122. The van der Waals surface area contributed by atoms with Gasteiger partial charge in [0.2, 0.25) is 0 Å². The Labute approximate surface area is 137 Å². The first-order chi connectivity index (χ1) is 11.0. The minimum atomic E-state index is -4.29. The highest BCUT2D eigenvalue weighted by Crippen LogP contribution is 2.39. The van der Waals surface area contributed by atoms with Crippen molar-refractivity contribution in [2.45, 2.75) is 38.5 Å². The molecule has 0 aliphatic carbocycles. The van der Waals surface area contributed by atoms with Crippen LogP contribution in [0.4, 0.5) is 18.9 Å². The molecule has 1 aromatic rings. The molecule has 0 spiro atoms. The summed E-state index contributed by atoms with van der Waals surface area (Å²) in [6.45, 7) is 2.97. The van der Waals surface area contributed by atoms with Crippen molar-refractivity contribution in [1.82, 2.24) is 0 Å². The zero-order valence-corrected chi connectivity index (χ0v) is 13.6. The molecule has 0 saturated heterocycles. The van der Waals surface area contributed by atoms with Gasteiger partial charge in [-0.05, 0) is 38.5 Å². The van der Waals surface area contributed by atoms with E-state index in [2.05, 4.69) is 4.74 Å². The van der Waals surface area contributed by atoms with Gasteiger partial charge in [0, 0.05) is 13.0 Å². The number of amides is 1. The van der Waals surface area contributed by atoms with Crippen molar-refractivity contribution in [3.05, 3.63) is 23.8 Å². The number of hydrogen-bond acceptors (Lipinski definition) is 4. The van der Waals surface area contributed by atoms with Gasteiger partial charge < -0.3 is 14.4 Å². The monoisotopic (exact) mass is 345 g/mol. The van der Waals surface area contributed by atoms with Gasteiger partial charge in [0.1, 0.15) is 5.75 Å². The smallest absolute Gasteiger partial charge is 0.389 e. The fourth-order valence-electron chi connectivity index (χ4n) is 2.47. The number of methoxy groups -OCH3 is 1. The SMILES string of the molecule is COC(=O)c1ccc2c(c1)N(CCCC(F)(F)F)C(=O)C(C)(C)O2. The van der Waals surface area contributed by atoms with E-state index in [1.165, 1.54) is 30.2 Å². The summed E-state index contributed by atoms with van der Waals surface area (Å²) in [7, 11) is 1.22. The van der Waals surface area contributed by atoms with E-state index in [0.717, 1.165) is 0 Å². The van der Waals surface area contributed by atoms with E-state index in [4.69, 9.17) is 4.74 Å². The molecule has 0 aromatic heterocycles. The van der Waals surface area contributed by atoms with E-state index < -0.39 is 30.1 Å². The Bertz CT molecular complexity index is 655. The van der Waals surface area contributed by atoms with Crippen LogP contribution in [0.5, 0.6) is 5.75 Å². The third-order valence-corrected chi connectivity index (χ3v) is 3.64. The lowest BCUT2D eigenvalue weighted by atomic mass is 10.0. The molecule has 0 atom stereocenters. The van der Waals surface area contributed by atoms with Crippen LogP contribution in [0.3, 0.4) is 0 Å². The lowest BCUT2D eigenvalue weighted by molar-refractivity contribution is -0.137. The third kappa shape index (κ3) is 3.80. The first-order valence-electron chi connectivity index (χ1n) is 7.35. The van der Waals surface area contributed by atoms with E-state index in [9.17, 15) is 22.8 Å². The number of benzene rings is 1. The summed E-state index contributed by atoms with van der Waals surface area (Å²) >= 11 is 0. The molecular weight excluding hydrogens is 327 g/mol. The molecule has 0 fully saturated rings. The van der Waals surface area contributed by atoms with Crippen LogP contribution in [-0.4, -0.2) is 37.3 Å². The quantitative estimate of drug-likeness (QED) is 0.786. The van der Waals surface area contributed by atoms with Gasteiger partial charge in [-0.15, -0.1) is 0 Å². The van der Waals surface area contributed by atoms with Crippen LogP contribution < -0.4 is 9.64 Å².